The van der Waals surface area contributed by atoms with Crippen molar-refractivity contribution in [2.75, 3.05) is 6.61 Å². The summed E-state index contributed by atoms with van der Waals surface area (Å²) in [5.41, 5.74) is -1.38. The number of hydrogen-bond acceptors (Lipinski definition) is 7. The lowest BCUT2D eigenvalue weighted by Gasteiger charge is -2.60. The molecule has 0 heterocycles. The highest BCUT2D eigenvalue weighted by atomic mass is 16.6. The third-order valence-electron chi connectivity index (χ3n) is 11.3. The van der Waals surface area contributed by atoms with Gasteiger partial charge in [0.25, 0.3) is 0 Å². The number of hydrogen-bond donors (Lipinski definition) is 2. The minimum atomic E-state index is -1.34. The minimum absolute atomic E-state index is 0.00240. The Morgan fingerprint density at radius 1 is 1.10 bits per heavy atom. The van der Waals surface area contributed by atoms with E-state index < -0.39 is 41.4 Å². The molecule has 4 unspecified atom stereocenters. The second kappa shape index (κ2) is 10.5. The third-order valence-corrected chi connectivity index (χ3v) is 11.3. The fourth-order valence-electron chi connectivity index (χ4n) is 9.17. The Labute approximate surface area is 232 Å². The summed E-state index contributed by atoms with van der Waals surface area (Å²) in [6.07, 6.45) is 11.6. The van der Waals surface area contributed by atoms with E-state index in [2.05, 4.69) is 6.92 Å². The van der Waals surface area contributed by atoms with E-state index in [-0.39, 0.29) is 41.2 Å². The van der Waals surface area contributed by atoms with Gasteiger partial charge < -0.3 is 19.7 Å². The predicted octanol–water partition coefficient (Wildman–Crippen LogP) is 4.69. The van der Waals surface area contributed by atoms with Gasteiger partial charge in [-0.2, -0.15) is 0 Å². The van der Waals surface area contributed by atoms with Gasteiger partial charge in [-0.3, -0.25) is 14.4 Å². The topological polar surface area (TPSA) is 110 Å². The van der Waals surface area contributed by atoms with Crippen LogP contribution in [0.4, 0.5) is 0 Å². The molecule has 0 amide bonds. The van der Waals surface area contributed by atoms with Crippen LogP contribution in [0.3, 0.4) is 0 Å². The normalized spacial score (nSPS) is 40.9. The molecule has 2 N–H and O–H groups in total. The van der Waals surface area contributed by atoms with Crippen molar-refractivity contribution in [3.8, 4) is 0 Å². The summed E-state index contributed by atoms with van der Waals surface area (Å²) in [6, 6.07) is 0. The molecule has 0 spiro atoms. The van der Waals surface area contributed by atoms with E-state index in [1.165, 1.54) is 0 Å². The Morgan fingerprint density at radius 3 is 2.51 bits per heavy atom. The lowest BCUT2D eigenvalue weighted by molar-refractivity contribution is -0.255. The number of ether oxygens (including phenoxy) is 2. The van der Waals surface area contributed by atoms with Crippen LogP contribution in [0.5, 0.6) is 0 Å². The summed E-state index contributed by atoms with van der Waals surface area (Å²) in [4.78, 5) is 38.5. The fraction of sp³-hybridized carbons (Fsp3) is 0.781. The Morgan fingerprint density at radius 2 is 1.82 bits per heavy atom. The van der Waals surface area contributed by atoms with Crippen molar-refractivity contribution < 1.29 is 34.1 Å². The standard InChI is InChI=1S/C32H46O7/c1-19(2)28(36)38-18-26(35)32(39-29(37)20-8-6-5-7-9-20)15-13-24-23-11-10-21-16-22(33)12-14-30(21,3)27(23)25(34)17-31(24,32)4/h12,14,16,19-20,23-25,27,29,34,37H,5-11,13,15,17-18H2,1-4H3/t23?,24?,25-,27?,29+,30-,31?,32-/m0/s1. The lowest BCUT2D eigenvalue weighted by atomic mass is 9.46. The molecule has 5 aliphatic carbocycles. The number of ketones is 2. The Bertz CT molecular complexity index is 1050. The summed E-state index contributed by atoms with van der Waals surface area (Å²) in [5.74, 6) is -0.957. The second-order valence-corrected chi connectivity index (χ2v) is 13.7. The van der Waals surface area contributed by atoms with Gasteiger partial charge in [-0.25, -0.2) is 0 Å². The maximum atomic E-state index is 14.1. The van der Waals surface area contributed by atoms with E-state index >= 15 is 0 Å². The zero-order valence-corrected chi connectivity index (χ0v) is 24.0. The molecule has 5 aliphatic rings. The first-order valence-corrected chi connectivity index (χ1v) is 15.1. The fourth-order valence-corrected chi connectivity index (χ4v) is 9.17. The van der Waals surface area contributed by atoms with Gasteiger partial charge in [0.2, 0.25) is 5.78 Å². The summed E-state index contributed by atoms with van der Waals surface area (Å²) in [5, 5.41) is 23.2. The zero-order chi connectivity index (χ0) is 28.2. The first-order valence-electron chi connectivity index (χ1n) is 15.1. The van der Waals surface area contributed by atoms with Crippen LogP contribution in [-0.2, 0) is 23.9 Å². The van der Waals surface area contributed by atoms with Crippen LogP contribution >= 0.6 is 0 Å². The van der Waals surface area contributed by atoms with E-state index in [4.69, 9.17) is 9.47 Å². The second-order valence-electron chi connectivity index (χ2n) is 13.7. The van der Waals surface area contributed by atoms with Crippen molar-refractivity contribution in [2.24, 2.45) is 40.4 Å². The molecule has 0 saturated heterocycles. The van der Waals surface area contributed by atoms with Crippen molar-refractivity contribution in [2.45, 2.75) is 110 Å². The van der Waals surface area contributed by atoms with E-state index in [1.54, 1.807) is 26.0 Å². The van der Waals surface area contributed by atoms with Crippen molar-refractivity contribution in [1.82, 2.24) is 0 Å². The molecule has 4 fully saturated rings. The Balaban J connectivity index is 1.48. The average molecular weight is 543 g/mol. The van der Waals surface area contributed by atoms with Crippen LogP contribution in [-0.4, -0.2) is 52.4 Å². The van der Waals surface area contributed by atoms with Gasteiger partial charge in [-0.1, -0.05) is 58.6 Å². The third kappa shape index (κ3) is 4.66. The molecule has 7 heteroatoms. The number of aliphatic hydroxyl groups excluding tert-OH is 2. The van der Waals surface area contributed by atoms with E-state index in [1.807, 2.05) is 13.0 Å². The molecule has 0 aromatic heterocycles. The SMILES string of the molecule is CC(C)C(=O)OCC(=O)[C@@]1(O[C@@H](O)C2CCCCC2)CCC2C3CCC4=CC(=O)C=C[C@]4(C)C3[C@@H](O)CC21C. The molecule has 4 saturated carbocycles. The summed E-state index contributed by atoms with van der Waals surface area (Å²) >= 11 is 0. The number of aliphatic hydroxyl groups is 2. The molecule has 7 nitrogen and oxygen atoms in total. The van der Waals surface area contributed by atoms with Gasteiger partial charge >= 0.3 is 5.97 Å². The number of allylic oxidation sites excluding steroid dienone is 4. The highest BCUT2D eigenvalue weighted by molar-refractivity contribution is 6.01. The first kappa shape index (κ1) is 28.7. The first-order chi connectivity index (χ1) is 18.4. The molecular formula is C32H46O7. The quantitative estimate of drug-likeness (QED) is 0.355. The number of Topliss-reactive ketones (excluding diaryl/α,β-unsaturated/α-hetero) is 1. The van der Waals surface area contributed by atoms with Crippen molar-refractivity contribution in [1.29, 1.82) is 0 Å². The highest BCUT2D eigenvalue weighted by Crippen LogP contribution is 2.68. The van der Waals surface area contributed by atoms with Crippen LogP contribution < -0.4 is 0 Å². The van der Waals surface area contributed by atoms with Crippen molar-refractivity contribution in [3.63, 3.8) is 0 Å². The predicted molar refractivity (Wildman–Crippen MR) is 145 cm³/mol. The maximum Gasteiger partial charge on any atom is 0.308 e. The Kier molecular flexibility index (Phi) is 7.75. The van der Waals surface area contributed by atoms with Gasteiger partial charge in [0.05, 0.1) is 12.0 Å². The van der Waals surface area contributed by atoms with Crippen molar-refractivity contribution in [3.05, 3.63) is 23.8 Å². The largest absolute Gasteiger partial charge is 0.457 e. The number of esters is 1. The molecule has 0 aromatic rings. The molecule has 0 bridgehead atoms. The lowest BCUT2D eigenvalue weighted by Crippen LogP contribution is -2.63. The zero-order valence-electron chi connectivity index (χ0n) is 24.0. The smallest absolute Gasteiger partial charge is 0.308 e. The van der Waals surface area contributed by atoms with Gasteiger partial charge in [-0.15, -0.1) is 0 Å². The van der Waals surface area contributed by atoms with Crippen LogP contribution in [0.25, 0.3) is 0 Å². The number of carbonyl (C=O) groups excluding carboxylic acids is 3. The highest BCUT2D eigenvalue weighted by Gasteiger charge is 2.69. The number of rotatable bonds is 7. The van der Waals surface area contributed by atoms with Crippen LogP contribution in [0.15, 0.2) is 23.8 Å². The molecule has 0 radical (unpaired) electrons. The van der Waals surface area contributed by atoms with Gasteiger partial charge in [0.15, 0.2) is 18.7 Å². The van der Waals surface area contributed by atoms with Crippen molar-refractivity contribution >= 4 is 17.5 Å². The molecule has 0 aliphatic heterocycles. The number of fused-ring (bicyclic) bond motifs is 5. The van der Waals surface area contributed by atoms with Gasteiger partial charge in [-0.05, 0) is 68.9 Å². The molecule has 8 atom stereocenters. The van der Waals surface area contributed by atoms with Crippen LogP contribution in [0, 0.1) is 40.4 Å². The van der Waals surface area contributed by atoms with Crippen LogP contribution in [0.2, 0.25) is 0 Å². The number of carbonyl (C=O) groups is 3. The average Bonchev–Trinajstić information content (AvgIpc) is 3.19. The van der Waals surface area contributed by atoms with Gasteiger partial charge in [0, 0.05) is 22.7 Å². The van der Waals surface area contributed by atoms with E-state index in [0.29, 0.717) is 12.8 Å². The molecule has 216 valence electrons. The summed E-state index contributed by atoms with van der Waals surface area (Å²) < 4.78 is 12.0. The Hall–Kier alpha value is -1.83. The van der Waals surface area contributed by atoms with Crippen LogP contribution in [0.1, 0.15) is 91.9 Å². The minimum Gasteiger partial charge on any atom is -0.457 e. The molecular weight excluding hydrogens is 496 g/mol. The maximum absolute atomic E-state index is 14.1. The van der Waals surface area contributed by atoms with E-state index in [0.717, 1.165) is 56.9 Å². The summed E-state index contributed by atoms with van der Waals surface area (Å²) in [6.45, 7) is 7.25. The van der Waals surface area contributed by atoms with E-state index in [9.17, 15) is 24.6 Å². The molecule has 39 heavy (non-hydrogen) atoms. The summed E-state index contributed by atoms with van der Waals surface area (Å²) in [7, 11) is 0. The molecule has 5 rings (SSSR count). The molecule has 0 aromatic carbocycles. The monoisotopic (exact) mass is 542 g/mol. The van der Waals surface area contributed by atoms with Gasteiger partial charge in [0.1, 0.15) is 5.60 Å².